The summed E-state index contributed by atoms with van der Waals surface area (Å²) in [5, 5.41) is 13.5. The van der Waals surface area contributed by atoms with Crippen molar-refractivity contribution in [1.82, 2.24) is 9.97 Å². The third-order valence-corrected chi connectivity index (χ3v) is 3.84. The summed E-state index contributed by atoms with van der Waals surface area (Å²) in [5.74, 6) is -0.434. The van der Waals surface area contributed by atoms with Crippen molar-refractivity contribution in [2.75, 3.05) is 5.32 Å². The van der Waals surface area contributed by atoms with E-state index in [1.54, 1.807) is 30.3 Å². The van der Waals surface area contributed by atoms with E-state index < -0.39 is 5.78 Å². The van der Waals surface area contributed by atoms with Crippen LogP contribution in [-0.4, -0.2) is 26.8 Å². The molecule has 27 heavy (non-hydrogen) atoms. The molecule has 0 unspecified atom stereocenters. The standard InChI is InChI=1S/C18H13Cl2N5O2/c19-11-5-12(20)7-13(6-11)24-17(21)25-18-22-8-10(9-23-18)16(27)14-3-1-2-4-15(14)26/h1-9,26H,(H3,21,22,23,24,25). The van der Waals surface area contributed by atoms with Gasteiger partial charge < -0.3 is 16.2 Å². The van der Waals surface area contributed by atoms with Gasteiger partial charge >= 0.3 is 0 Å². The van der Waals surface area contributed by atoms with Crippen LogP contribution in [0.1, 0.15) is 15.9 Å². The van der Waals surface area contributed by atoms with Crippen molar-refractivity contribution in [3.8, 4) is 5.75 Å². The van der Waals surface area contributed by atoms with Crippen molar-refractivity contribution in [2.45, 2.75) is 0 Å². The normalized spacial score (nSPS) is 11.3. The van der Waals surface area contributed by atoms with Crippen molar-refractivity contribution >= 4 is 46.6 Å². The highest BCUT2D eigenvalue weighted by atomic mass is 35.5. The van der Waals surface area contributed by atoms with Gasteiger partial charge in [0, 0.05) is 28.1 Å². The zero-order chi connectivity index (χ0) is 19.4. The van der Waals surface area contributed by atoms with Crippen LogP contribution in [0, 0.1) is 0 Å². The molecule has 0 spiro atoms. The van der Waals surface area contributed by atoms with Gasteiger partial charge in [-0.15, -0.1) is 0 Å². The molecule has 0 amide bonds. The van der Waals surface area contributed by atoms with Crippen LogP contribution in [-0.2, 0) is 0 Å². The van der Waals surface area contributed by atoms with Crippen molar-refractivity contribution < 1.29 is 9.90 Å². The van der Waals surface area contributed by atoms with Gasteiger partial charge in [0.25, 0.3) is 5.95 Å². The summed E-state index contributed by atoms with van der Waals surface area (Å²) in [6.07, 6.45) is 2.62. The van der Waals surface area contributed by atoms with Crippen LogP contribution in [0.15, 0.2) is 59.9 Å². The number of nitrogens with one attached hydrogen (secondary N) is 1. The lowest BCUT2D eigenvalue weighted by molar-refractivity contribution is 0.103. The number of aromatic nitrogens is 2. The first kappa shape index (κ1) is 18.6. The highest BCUT2D eigenvalue weighted by Crippen LogP contribution is 2.22. The van der Waals surface area contributed by atoms with Gasteiger partial charge in [0.05, 0.1) is 11.1 Å². The number of benzene rings is 2. The van der Waals surface area contributed by atoms with Gasteiger partial charge in [-0.2, -0.15) is 4.99 Å². The predicted octanol–water partition coefficient (Wildman–Crippen LogP) is 3.78. The molecule has 1 heterocycles. The average Bonchev–Trinajstić information content (AvgIpc) is 2.61. The molecule has 1 aromatic heterocycles. The Morgan fingerprint density at radius 3 is 2.33 bits per heavy atom. The first-order chi connectivity index (χ1) is 12.9. The molecule has 0 bridgehead atoms. The molecule has 0 aliphatic rings. The fourth-order valence-corrected chi connectivity index (χ4v) is 2.75. The number of nitrogens with zero attached hydrogens (tertiary/aromatic N) is 3. The summed E-state index contributed by atoms with van der Waals surface area (Å²) in [4.78, 5) is 24.4. The third-order valence-electron chi connectivity index (χ3n) is 3.40. The Balaban J connectivity index is 1.76. The summed E-state index contributed by atoms with van der Waals surface area (Å²) in [6, 6.07) is 11.1. The van der Waals surface area contributed by atoms with Gasteiger partial charge in [0.1, 0.15) is 5.75 Å². The maximum absolute atomic E-state index is 12.4. The lowest BCUT2D eigenvalue weighted by atomic mass is 10.1. The maximum atomic E-state index is 12.4. The third kappa shape index (κ3) is 4.72. The minimum absolute atomic E-state index is 0.0214. The number of guanidine groups is 1. The summed E-state index contributed by atoms with van der Waals surface area (Å²) >= 11 is 11.8. The van der Waals surface area contributed by atoms with Crippen molar-refractivity contribution in [2.24, 2.45) is 10.7 Å². The molecular weight excluding hydrogens is 389 g/mol. The lowest BCUT2D eigenvalue weighted by Crippen LogP contribution is -2.22. The monoisotopic (exact) mass is 401 g/mol. The lowest BCUT2D eigenvalue weighted by Gasteiger charge is -2.06. The predicted molar refractivity (Wildman–Crippen MR) is 105 cm³/mol. The minimum Gasteiger partial charge on any atom is -0.507 e. The maximum Gasteiger partial charge on any atom is 0.252 e. The number of phenolic OH excluding ortho intramolecular Hbond substituents is 1. The van der Waals surface area contributed by atoms with E-state index in [9.17, 15) is 9.90 Å². The number of hydrogen-bond donors (Lipinski definition) is 3. The van der Waals surface area contributed by atoms with Crippen molar-refractivity contribution in [1.29, 1.82) is 0 Å². The van der Waals surface area contributed by atoms with Gasteiger partial charge in [-0.25, -0.2) is 9.97 Å². The number of nitrogens with two attached hydrogens (primary N) is 1. The van der Waals surface area contributed by atoms with E-state index in [2.05, 4.69) is 20.3 Å². The molecule has 7 nitrogen and oxygen atoms in total. The number of phenols is 1. The Labute approximate surface area is 164 Å². The molecule has 0 atom stereocenters. The fraction of sp³-hybridized carbons (Fsp3) is 0. The quantitative estimate of drug-likeness (QED) is 0.348. The topological polar surface area (TPSA) is 113 Å². The van der Waals surface area contributed by atoms with Gasteiger partial charge in [0.15, 0.2) is 5.78 Å². The first-order valence-electron chi connectivity index (χ1n) is 7.64. The summed E-state index contributed by atoms with van der Waals surface area (Å²) < 4.78 is 0. The molecule has 0 aliphatic carbocycles. The van der Waals surface area contributed by atoms with E-state index in [0.29, 0.717) is 15.7 Å². The molecule has 0 radical (unpaired) electrons. The molecule has 3 aromatic rings. The van der Waals surface area contributed by atoms with E-state index in [1.165, 1.54) is 24.5 Å². The van der Waals surface area contributed by atoms with Crippen LogP contribution in [0.4, 0.5) is 11.6 Å². The molecule has 0 saturated heterocycles. The molecule has 0 aliphatic heterocycles. The van der Waals surface area contributed by atoms with Gasteiger partial charge in [-0.1, -0.05) is 35.3 Å². The number of para-hydroxylation sites is 1. The number of aromatic hydroxyl groups is 1. The van der Waals surface area contributed by atoms with Crippen molar-refractivity contribution in [3.05, 3.63) is 76.0 Å². The molecule has 9 heteroatoms. The number of rotatable bonds is 4. The zero-order valence-corrected chi connectivity index (χ0v) is 15.2. The van der Waals surface area contributed by atoms with E-state index in [0.717, 1.165) is 0 Å². The minimum atomic E-state index is -0.400. The van der Waals surface area contributed by atoms with Crippen LogP contribution in [0.25, 0.3) is 0 Å². The number of anilines is 1. The van der Waals surface area contributed by atoms with Crippen LogP contribution in [0.3, 0.4) is 0 Å². The first-order valence-corrected chi connectivity index (χ1v) is 8.40. The van der Waals surface area contributed by atoms with E-state index in [1.807, 2.05) is 0 Å². The summed E-state index contributed by atoms with van der Waals surface area (Å²) in [5.41, 5.74) is 6.75. The molecule has 2 aromatic carbocycles. The van der Waals surface area contributed by atoms with E-state index in [4.69, 9.17) is 28.9 Å². The average molecular weight is 402 g/mol. The number of carbonyl (C=O) groups excluding carboxylic acids is 1. The van der Waals surface area contributed by atoms with E-state index >= 15 is 0 Å². The molecular formula is C18H13Cl2N5O2. The number of hydrogen-bond acceptors (Lipinski definition) is 5. The van der Waals surface area contributed by atoms with Crippen LogP contribution in [0.5, 0.6) is 5.75 Å². The number of halogens is 2. The Hall–Kier alpha value is -3.16. The Kier molecular flexibility index (Phi) is 5.54. The number of ketones is 1. The van der Waals surface area contributed by atoms with E-state index in [-0.39, 0.29) is 28.8 Å². The second-order valence-corrected chi connectivity index (χ2v) is 6.27. The zero-order valence-electron chi connectivity index (χ0n) is 13.7. The van der Waals surface area contributed by atoms with Crippen LogP contribution in [0.2, 0.25) is 10.0 Å². The Morgan fingerprint density at radius 1 is 1.07 bits per heavy atom. The molecule has 3 rings (SSSR count). The Bertz CT molecular complexity index is 1000. The smallest absolute Gasteiger partial charge is 0.252 e. The number of carbonyl (C=O) groups is 1. The van der Waals surface area contributed by atoms with Gasteiger partial charge in [0.2, 0.25) is 5.96 Å². The summed E-state index contributed by atoms with van der Waals surface area (Å²) in [6.45, 7) is 0. The highest BCUT2D eigenvalue weighted by molar-refractivity contribution is 6.35. The number of aliphatic imine (C=N–C) groups is 1. The van der Waals surface area contributed by atoms with Gasteiger partial charge in [-0.05, 0) is 30.3 Å². The SMILES string of the molecule is N/C(=N\c1ncc(C(=O)c2ccccc2O)cn1)Nc1cc(Cl)cc(Cl)c1. The highest BCUT2D eigenvalue weighted by Gasteiger charge is 2.14. The van der Waals surface area contributed by atoms with Gasteiger partial charge in [-0.3, -0.25) is 4.79 Å². The molecule has 136 valence electrons. The largest absolute Gasteiger partial charge is 0.507 e. The second kappa shape index (κ2) is 8.03. The fourth-order valence-electron chi connectivity index (χ4n) is 2.23. The van der Waals surface area contributed by atoms with Crippen LogP contribution < -0.4 is 11.1 Å². The molecule has 4 N–H and O–H groups in total. The second-order valence-electron chi connectivity index (χ2n) is 5.40. The molecule has 0 saturated carbocycles. The van der Waals surface area contributed by atoms with Crippen molar-refractivity contribution in [3.63, 3.8) is 0 Å². The Morgan fingerprint density at radius 2 is 1.70 bits per heavy atom. The summed E-state index contributed by atoms with van der Waals surface area (Å²) in [7, 11) is 0. The van der Waals surface area contributed by atoms with Crippen LogP contribution >= 0.6 is 23.2 Å². The molecule has 0 fully saturated rings.